The van der Waals surface area contributed by atoms with Gasteiger partial charge < -0.3 is 4.74 Å². The van der Waals surface area contributed by atoms with Gasteiger partial charge in [0.2, 0.25) is 0 Å². The lowest BCUT2D eigenvalue weighted by Crippen LogP contribution is -1.97. The number of benzene rings is 2. The van der Waals surface area contributed by atoms with E-state index < -0.39 is 0 Å². The molecule has 8 heteroatoms. The molecule has 3 rings (SSSR count). The van der Waals surface area contributed by atoms with Crippen molar-refractivity contribution in [2.75, 3.05) is 0 Å². The molecule has 0 amide bonds. The third-order valence-electron chi connectivity index (χ3n) is 3.10. The molecule has 0 fully saturated rings. The van der Waals surface area contributed by atoms with E-state index in [-0.39, 0.29) is 0 Å². The van der Waals surface area contributed by atoms with E-state index in [0.717, 1.165) is 15.6 Å². The van der Waals surface area contributed by atoms with Crippen molar-refractivity contribution in [1.29, 1.82) is 0 Å². The summed E-state index contributed by atoms with van der Waals surface area (Å²) in [6.07, 6.45) is 4.73. The van der Waals surface area contributed by atoms with Gasteiger partial charge in [-0.15, -0.1) is 10.2 Å². The largest absolute Gasteiger partial charge is 0.488 e. The second-order valence-electron chi connectivity index (χ2n) is 4.80. The molecule has 0 spiro atoms. The molecule has 1 heterocycles. The molecule has 0 unspecified atom stereocenters. The van der Waals surface area contributed by atoms with Crippen molar-refractivity contribution in [2.45, 2.75) is 6.61 Å². The van der Waals surface area contributed by atoms with Gasteiger partial charge in [0.1, 0.15) is 25.0 Å². The molecule has 3 aromatic rings. The van der Waals surface area contributed by atoms with Gasteiger partial charge in [0.15, 0.2) is 0 Å². The average molecular weight is 426 g/mol. The fourth-order valence-corrected chi connectivity index (χ4v) is 2.87. The van der Waals surface area contributed by atoms with Crippen LogP contribution in [-0.4, -0.2) is 21.1 Å². The molecular formula is C16H11BrCl2N4O. The van der Waals surface area contributed by atoms with Gasteiger partial charge in [0.25, 0.3) is 0 Å². The van der Waals surface area contributed by atoms with E-state index in [1.807, 2.05) is 24.3 Å². The molecule has 5 nitrogen and oxygen atoms in total. The van der Waals surface area contributed by atoms with Gasteiger partial charge in [0, 0.05) is 15.6 Å². The van der Waals surface area contributed by atoms with Crippen molar-refractivity contribution in [3.8, 4) is 5.75 Å². The lowest BCUT2D eigenvalue weighted by Gasteiger charge is -2.10. The van der Waals surface area contributed by atoms with Gasteiger partial charge in [-0.05, 0) is 51.8 Å². The molecule has 122 valence electrons. The van der Waals surface area contributed by atoms with E-state index in [9.17, 15) is 0 Å². The van der Waals surface area contributed by atoms with Crippen LogP contribution in [0.2, 0.25) is 10.0 Å². The maximum atomic E-state index is 6.14. The first-order chi connectivity index (χ1) is 11.6. The minimum atomic E-state index is 0.350. The van der Waals surface area contributed by atoms with Crippen molar-refractivity contribution in [1.82, 2.24) is 14.9 Å². The first-order valence-electron chi connectivity index (χ1n) is 6.87. The van der Waals surface area contributed by atoms with Crippen LogP contribution >= 0.6 is 39.1 Å². The normalized spacial score (nSPS) is 11.1. The molecule has 0 bridgehead atoms. The quantitative estimate of drug-likeness (QED) is 0.551. The van der Waals surface area contributed by atoms with Crippen LogP contribution in [0, 0.1) is 0 Å². The van der Waals surface area contributed by atoms with Crippen LogP contribution in [0.3, 0.4) is 0 Å². The fourth-order valence-electron chi connectivity index (χ4n) is 1.90. The zero-order chi connectivity index (χ0) is 16.9. The van der Waals surface area contributed by atoms with E-state index in [0.29, 0.717) is 22.4 Å². The first kappa shape index (κ1) is 17.0. The van der Waals surface area contributed by atoms with Gasteiger partial charge in [-0.1, -0.05) is 29.3 Å². The highest BCUT2D eigenvalue weighted by atomic mass is 79.9. The lowest BCUT2D eigenvalue weighted by molar-refractivity contribution is 0.304. The lowest BCUT2D eigenvalue weighted by atomic mass is 10.2. The smallest absolute Gasteiger partial charge is 0.141 e. The molecule has 0 saturated carbocycles. The van der Waals surface area contributed by atoms with E-state index >= 15 is 0 Å². The highest BCUT2D eigenvalue weighted by Gasteiger charge is 2.06. The zero-order valence-electron chi connectivity index (χ0n) is 12.2. The van der Waals surface area contributed by atoms with Crippen LogP contribution in [-0.2, 0) is 6.61 Å². The van der Waals surface area contributed by atoms with Crippen molar-refractivity contribution < 1.29 is 4.74 Å². The Labute approximate surface area is 157 Å². The summed E-state index contributed by atoms with van der Waals surface area (Å²) in [5.41, 5.74) is 1.78. The van der Waals surface area contributed by atoms with Gasteiger partial charge >= 0.3 is 0 Å². The van der Waals surface area contributed by atoms with Gasteiger partial charge in [-0.2, -0.15) is 5.10 Å². The SMILES string of the molecule is Clc1ccc(COc2ccc(/C=N\n3cnnc3)cc2Br)c(Cl)c1. The Morgan fingerprint density at radius 1 is 1.12 bits per heavy atom. The Bertz CT molecular complexity index is 869. The number of aromatic nitrogens is 3. The van der Waals surface area contributed by atoms with E-state index in [1.54, 1.807) is 18.3 Å². The summed E-state index contributed by atoms with van der Waals surface area (Å²) in [5, 5.41) is 12.7. The molecule has 0 aliphatic heterocycles. The number of nitrogens with zero attached hydrogens (tertiary/aromatic N) is 4. The molecule has 0 radical (unpaired) electrons. The van der Waals surface area contributed by atoms with Crippen LogP contribution in [0.1, 0.15) is 11.1 Å². The van der Waals surface area contributed by atoms with Crippen molar-refractivity contribution >= 4 is 45.3 Å². The molecular weight excluding hydrogens is 415 g/mol. The molecule has 2 aromatic carbocycles. The molecule has 0 aliphatic carbocycles. The predicted molar refractivity (Wildman–Crippen MR) is 98.0 cm³/mol. The standard InChI is InChI=1S/C16H11BrCl2N4O/c17-14-5-11(7-22-23-9-20-21-10-23)1-4-16(14)24-8-12-2-3-13(18)6-15(12)19/h1-7,9-10H,8H2/b22-7-. The van der Waals surface area contributed by atoms with Crippen LogP contribution < -0.4 is 4.74 Å². The summed E-state index contributed by atoms with van der Waals surface area (Å²) in [6.45, 7) is 0.350. The molecule has 0 N–H and O–H groups in total. The summed E-state index contributed by atoms with van der Waals surface area (Å²) in [7, 11) is 0. The Hall–Kier alpha value is -1.89. The van der Waals surface area contributed by atoms with E-state index in [4.69, 9.17) is 27.9 Å². The summed E-state index contributed by atoms with van der Waals surface area (Å²) < 4.78 is 8.14. The van der Waals surface area contributed by atoms with Gasteiger partial charge in [0.05, 0.1) is 10.7 Å². The number of ether oxygens (including phenoxy) is 1. The molecule has 0 saturated heterocycles. The number of hydrogen-bond donors (Lipinski definition) is 0. The maximum absolute atomic E-state index is 6.14. The van der Waals surface area contributed by atoms with Crippen molar-refractivity contribution in [3.63, 3.8) is 0 Å². The second kappa shape index (κ2) is 7.79. The maximum Gasteiger partial charge on any atom is 0.141 e. The number of hydrogen-bond acceptors (Lipinski definition) is 4. The molecule has 1 aromatic heterocycles. The van der Waals surface area contributed by atoms with E-state index in [1.165, 1.54) is 17.3 Å². The van der Waals surface area contributed by atoms with Gasteiger partial charge in [-0.3, -0.25) is 0 Å². The summed E-state index contributed by atoms with van der Waals surface area (Å²) in [6, 6.07) is 11.0. The molecule has 24 heavy (non-hydrogen) atoms. The van der Waals surface area contributed by atoms with Crippen LogP contribution in [0.4, 0.5) is 0 Å². The summed E-state index contributed by atoms with van der Waals surface area (Å²) >= 11 is 15.5. The Morgan fingerprint density at radius 2 is 1.92 bits per heavy atom. The first-order valence-corrected chi connectivity index (χ1v) is 8.42. The average Bonchev–Trinajstić information content (AvgIpc) is 3.07. The monoisotopic (exact) mass is 424 g/mol. The summed E-state index contributed by atoms with van der Waals surface area (Å²) in [4.78, 5) is 0. The number of halogens is 3. The van der Waals surface area contributed by atoms with Crippen molar-refractivity contribution in [2.24, 2.45) is 5.10 Å². The predicted octanol–water partition coefficient (Wildman–Crippen LogP) is 4.81. The van der Waals surface area contributed by atoms with Crippen LogP contribution in [0.5, 0.6) is 5.75 Å². The van der Waals surface area contributed by atoms with Crippen LogP contribution in [0.15, 0.2) is 58.6 Å². The third kappa shape index (κ3) is 4.35. The Balaban J connectivity index is 1.68. The minimum absolute atomic E-state index is 0.350. The van der Waals surface area contributed by atoms with Crippen molar-refractivity contribution in [3.05, 3.63) is 74.7 Å². The zero-order valence-corrected chi connectivity index (χ0v) is 15.3. The number of rotatable bonds is 5. The second-order valence-corrected chi connectivity index (χ2v) is 6.50. The molecule has 0 atom stereocenters. The Morgan fingerprint density at radius 3 is 2.62 bits per heavy atom. The topological polar surface area (TPSA) is 52.3 Å². The Kier molecular flexibility index (Phi) is 5.50. The third-order valence-corrected chi connectivity index (χ3v) is 4.31. The highest BCUT2D eigenvalue weighted by molar-refractivity contribution is 9.10. The van der Waals surface area contributed by atoms with Gasteiger partial charge in [-0.25, -0.2) is 4.68 Å². The van der Waals surface area contributed by atoms with E-state index in [2.05, 4.69) is 31.2 Å². The fraction of sp³-hybridized carbons (Fsp3) is 0.0625. The summed E-state index contributed by atoms with van der Waals surface area (Å²) in [5.74, 6) is 0.711. The molecule has 0 aliphatic rings. The van der Waals surface area contributed by atoms with Crippen LogP contribution in [0.25, 0.3) is 0 Å². The highest BCUT2D eigenvalue weighted by Crippen LogP contribution is 2.28. The minimum Gasteiger partial charge on any atom is -0.488 e.